The molecule has 0 bridgehead atoms. The van der Waals surface area contributed by atoms with E-state index in [9.17, 15) is 13.2 Å². The van der Waals surface area contributed by atoms with Crippen molar-refractivity contribution in [2.24, 2.45) is 5.14 Å². The van der Waals surface area contributed by atoms with Crippen molar-refractivity contribution in [2.75, 3.05) is 5.32 Å². The van der Waals surface area contributed by atoms with Crippen LogP contribution in [0.1, 0.15) is 6.92 Å². The molecule has 3 N–H and O–H groups in total. The molecule has 5 nitrogen and oxygen atoms in total. The maximum absolute atomic E-state index is 11.3. The van der Waals surface area contributed by atoms with Crippen LogP contribution in [0.2, 0.25) is 10.0 Å². The number of rotatable bonds is 2. The van der Waals surface area contributed by atoms with Crippen molar-refractivity contribution in [3.8, 4) is 11.8 Å². The highest BCUT2D eigenvalue weighted by Crippen LogP contribution is 2.32. The number of hydrogen-bond acceptors (Lipinski definition) is 3. The zero-order valence-electron chi connectivity index (χ0n) is 9.12. The van der Waals surface area contributed by atoms with Crippen molar-refractivity contribution in [1.82, 2.24) is 0 Å². The van der Waals surface area contributed by atoms with Gasteiger partial charge in [0.25, 0.3) is 5.91 Å². The summed E-state index contributed by atoms with van der Waals surface area (Å²) in [5.74, 6) is 4.02. The Labute approximate surface area is 114 Å². The summed E-state index contributed by atoms with van der Waals surface area (Å²) in [4.78, 5) is 11.0. The average Bonchev–Trinajstić information content (AvgIpc) is 2.22. The number of sulfonamides is 1. The Bertz CT molecular complexity index is 636. The summed E-state index contributed by atoms with van der Waals surface area (Å²) in [7, 11) is -3.91. The van der Waals surface area contributed by atoms with Crippen molar-refractivity contribution in [2.45, 2.75) is 11.8 Å². The molecule has 0 saturated heterocycles. The molecule has 0 aliphatic carbocycles. The molecule has 0 aliphatic rings. The fraction of sp³-hybridized carbons (Fsp3) is 0.100. The van der Waals surface area contributed by atoms with Gasteiger partial charge in [-0.1, -0.05) is 29.1 Å². The zero-order chi connectivity index (χ0) is 13.9. The third-order valence-corrected chi connectivity index (χ3v) is 3.31. The SMILES string of the molecule is CC#CC(=O)Nc1c(Cl)cc(S(N)(=O)=O)cc1Cl. The predicted molar refractivity (Wildman–Crippen MR) is 69.9 cm³/mol. The summed E-state index contributed by atoms with van der Waals surface area (Å²) in [6.45, 7) is 1.49. The minimum atomic E-state index is -3.91. The number of carbonyl (C=O) groups is 1. The van der Waals surface area contributed by atoms with Gasteiger partial charge < -0.3 is 5.32 Å². The van der Waals surface area contributed by atoms with Crippen LogP contribution < -0.4 is 10.5 Å². The minimum Gasteiger partial charge on any atom is -0.312 e. The van der Waals surface area contributed by atoms with E-state index in [1.54, 1.807) is 0 Å². The second kappa shape index (κ2) is 5.59. The topological polar surface area (TPSA) is 89.3 Å². The van der Waals surface area contributed by atoms with E-state index in [1.807, 2.05) is 0 Å². The second-order valence-corrected chi connectivity index (χ2v) is 5.51. The van der Waals surface area contributed by atoms with Crippen LogP contribution in [0.5, 0.6) is 0 Å². The Balaban J connectivity index is 3.24. The molecule has 1 aromatic rings. The fourth-order valence-corrected chi connectivity index (χ4v) is 2.37. The highest BCUT2D eigenvalue weighted by Gasteiger charge is 2.15. The molecule has 1 amide bonds. The first-order valence-electron chi connectivity index (χ1n) is 4.51. The van der Waals surface area contributed by atoms with Gasteiger partial charge in [-0.15, -0.1) is 0 Å². The number of nitrogens with two attached hydrogens (primary N) is 1. The first-order valence-corrected chi connectivity index (χ1v) is 6.81. The maximum Gasteiger partial charge on any atom is 0.300 e. The smallest absolute Gasteiger partial charge is 0.300 e. The number of primary sulfonamides is 1. The number of anilines is 1. The molecule has 0 unspecified atom stereocenters. The van der Waals surface area contributed by atoms with Crippen LogP contribution in [-0.4, -0.2) is 14.3 Å². The molecule has 8 heteroatoms. The van der Waals surface area contributed by atoms with Crippen LogP contribution >= 0.6 is 23.2 Å². The Morgan fingerprint density at radius 1 is 1.33 bits per heavy atom. The van der Waals surface area contributed by atoms with E-state index in [-0.39, 0.29) is 20.6 Å². The van der Waals surface area contributed by atoms with Crippen molar-refractivity contribution in [1.29, 1.82) is 0 Å². The molecule has 0 fully saturated rings. The van der Waals surface area contributed by atoms with E-state index in [2.05, 4.69) is 17.2 Å². The van der Waals surface area contributed by atoms with Gasteiger partial charge in [-0.2, -0.15) is 0 Å². The quantitative estimate of drug-likeness (QED) is 0.813. The first kappa shape index (κ1) is 14.8. The van der Waals surface area contributed by atoms with Crippen molar-refractivity contribution in [3.63, 3.8) is 0 Å². The van der Waals surface area contributed by atoms with Gasteiger partial charge in [0, 0.05) is 0 Å². The average molecular weight is 307 g/mol. The standard InChI is InChI=1S/C10H8Cl2N2O3S/c1-2-3-9(15)14-10-7(11)4-6(5-8(10)12)18(13,16)17/h4-5H,1H3,(H,14,15)(H2,13,16,17). The number of carbonyl (C=O) groups excluding carboxylic acids is 1. The lowest BCUT2D eigenvalue weighted by Gasteiger charge is -2.08. The first-order chi connectivity index (χ1) is 8.25. The van der Waals surface area contributed by atoms with E-state index in [0.717, 1.165) is 12.1 Å². The van der Waals surface area contributed by atoms with Gasteiger partial charge in [-0.3, -0.25) is 4.79 Å². The monoisotopic (exact) mass is 306 g/mol. The van der Waals surface area contributed by atoms with Gasteiger partial charge in [0.15, 0.2) is 0 Å². The van der Waals surface area contributed by atoms with Crippen LogP contribution in [0, 0.1) is 11.8 Å². The van der Waals surface area contributed by atoms with E-state index < -0.39 is 15.9 Å². The Morgan fingerprint density at radius 2 is 1.83 bits per heavy atom. The Hall–Kier alpha value is -1.26. The largest absolute Gasteiger partial charge is 0.312 e. The zero-order valence-corrected chi connectivity index (χ0v) is 11.4. The number of amides is 1. The molecule has 1 aromatic carbocycles. The molecular weight excluding hydrogens is 299 g/mol. The number of hydrogen-bond donors (Lipinski definition) is 2. The second-order valence-electron chi connectivity index (χ2n) is 3.14. The molecular formula is C10H8Cl2N2O3S. The summed E-state index contributed by atoms with van der Waals surface area (Å²) in [5.41, 5.74) is 0.0819. The molecule has 0 atom stereocenters. The molecule has 0 radical (unpaired) electrons. The van der Waals surface area contributed by atoms with Gasteiger partial charge >= 0.3 is 0 Å². The maximum atomic E-state index is 11.3. The van der Waals surface area contributed by atoms with Crippen LogP contribution in [0.25, 0.3) is 0 Å². The molecule has 96 valence electrons. The van der Waals surface area contributed by atoms with Crippen molar-refractivity contribution in [3.05, 3.63) is 22.2 Å². The normalized spacial score (nSPS) is 10.4. The highest BCUT2D eigenvalue weighted by molar-refractivity contribution is 7.89. The lowest BCUT2D eigenvalue weighted by Crippen LogP contribution is -2.13. The lowest BCUT2D eigenvalue weighted by atomic mass is 10.3. The third-order valence-electron chi connectivity index (χ3n) is 1.82. The minimum absolute atomic E-state index is 0.0437. The summed E-state index contributed by atoms with van der Waals surface area (Å²) in [6.07, 6.45) is 0. The Morgan fingerprint density at radius 3 is 2.22 bits per heavy atom. The Kier molecular flexibility index (Phi) is 4.59. The molecule has 0 heterocycles. The van der Waals surface area contributed by atoms with E-state index in [0.29, 0.717) is 0 Å². The third kappa shape index (κ3) is 3.62. The highest BCUT2D eigenvalue weighted by atomic mass is 35.5. The predicted octanol–water partition coefficient (Wildman–Crippen LogP) is 1.60. The van der Waals surface area contributed by atoms with E-state index in [1.165, 1.54) is 6.92 Å². The van der Waals surface area contributed by atoms with Crippen LogP contribution in [0.4, 0.5) is 5.69 Å². The number of nitrogens with one attached hydrogen (secondary N) is 1. The summed E-state index contributed by atoms with van der Waals surface area (Å²) >= 11 is 11.6. The summed E-state index contributed by atoms with van der Waals surface area (Å²) < 4.78 is 22.2. The number of halogens is 2. The van der Waals surface area contributed by atoms with Crippen LogP contribution in [0.3, 0.4) is 0 Å². The van der Waals surface area contributed by atoms with Gasteiger partial charge in [-0.05, 0) is 25.0 Å². The fourth-order valence-electron chi connectivity index (χ4n) is 1.09. The molecule has 18 heavy (non-hydrogen) atoms. The van der Waals surface area contributed by atoms with Crippen LogP contribution in [-0.2, 0) is 14.8 Å². The molecule has 0 aromatic heterocycles. The molecule has 0 spiro atoms. The van der Waals surface area contributed by atoms with Crippen molar-refractivity contribution < 1.29 is 13.2 Å². The van der Waals surface area contributed by atoms with E-state index in [4.69, 9.17) is 28.3 Å². The molecule has 0 aliphatic heterocycles. The summed E-state index contributed by atoms with van der Waals surface area (Å²) in [5, 5.41) is 7.20. The van der Waals surface area contributed by atoms with Gasteiger partial charge in [0.1, 0.15) is 0 Å². The molecule has 1 rings (SSSR count). The number of benzene rings is 1. The van der Waals surface area contributed by atoms with Crippen molar-refractivity contribution >= 4 is 44.8 Å². The van der Waals surface area contributed by atoms with Gasteiger partial charge in [-0.25, -0.2) is 13.6 Å². The molecule has 0 saturated carbocycles. The van der Waals surface area contributed by atoms with Gasteiger partial charge in [0.2, 0.25) is 10.0 Å². The van der Waals surface area contributed by atoms with Gasteiger partial charge in [0.05, 0.1) is 20.6 Å². The lowest BCUT2D eigenvalue weighted by molar-refractivity contribution is -0.111. The van der Waals surface area contributed by atoms with Crippen LogP contribution in [0.15, 0.2) is 17.0 Å². The summed E-state index contributed by atoms with van der Waals surface area (Å²) in [6, 6.07) is 2.19. The van der Waals surface area contributed by atoms with E-state index >= 15 is 0 Å².